The van der Waals surface area contributed by atoms with Crippen molar-refractivity contribution in [3.63, 3.8) is 0 Å². The van der Waals surface area contributed by atoms with Gasteiger partial charge in [-0.1, -0.05) is 52.0 Å². The third-order valence-corrected chi connectivity index (χ3v) is 3.74. The summed E-state index contributed by atoms with van der Waals surface area (Å²) in [4.78, 5) is 4.82. The van der Waals surface area contributed by atoms with Crippen LogP contribution in [0.15, 0.2) is 24.3 Å². The Bertz CT molecular complexity index is 579. The van der Waals surface area contributed by atoms with Crippen molar-refractivity contribution in [1.29, 1.82) is 0 Å². The Morgan fingerprint density at radius 1 is 1.14 bits per heavy atom. The molecule has 0 bridgehead atoms. The smallest absolute Gasteiger partial charge is 0.131 e. The molecule has 3 heteroatoms. The molecule has 0 radical (unpaired) electrons. The van der Waals surface area contributed by atoms with Crippen molar-refractivity contribution in [3.05, 3.63) is 35.7 Å². The van der Waals surface area contributed by atoms with Crippen LogP contribution < -0.4 is 5.73 Å². The molecule has 114 valence electrons. The van der Waals surface area contributed by atoms with Gasteiger partial charge >= 0.3 is 0 Å². The molecule has 21 heavy (non-hydrogen) atoms. The number of hydrogen-bond donors (Lipinski definition) is 1. The summed E-state index contributed by atoms with van der Waals surface area (Å²) in [5.74, 6) is 2.47. The van der Waals surface area contributed by atoms with Gasteiger partial charge in [0.2, 0.25) is 0 Å². The fourth-order valence-corrected chi connectivity index (χ4v) is 2.61. The Hall–Kier alpha value is -1.77. The number of nitrogens with two attached hydrogens (primary N) is 1. The molecule has 0 spiro atoms. The van der Waals surface area contributed by atoms with Gasteiger partial charge in [-0.2, -0.15) is 0 Å². The van der Waals surface area contributed by atoms with Gasteiger partial charge in [0, 0.05) is 18.5 Å². The van der Waals surface area contributed by atoms with Crippen molar-refractivity contribution in [2.75, 3.05) is 5.73 Å². The van der Waals surface area contributed by atoms with Gasteiger partial charge in [0.15, 0.2) is 0 Å². The monoisotopic (exact) mass is 285 g/mol. The summed E-state index contributed by atoms with van der Waals surface area (Å²) >= 11 is 0. The molecule has 0 aliphatic heterocycles. The molecule has 2 N–H and O–H groups in total. The summed E-state index contributed by atoms with van der Waals surface area (Å²) < 4.78 is 2.19. The van der Waals surface area contributed by atoms with Gasteiger partial charge in [0.05, 0.1) is 0 Å². The van der Waals surface area contributed by atoms with Crippen LogP contribution in [0.4, 0.5) is 5.82 Å². The van der Waals surface area contributed by atoms with Gasteiger partial charge in [-0.15, -0.1) is 0 Å². The highest BCUT2D eigenvalue weighted by atomic mass is 15.1. The van der Waals surface area contributed by atoms with Gasteiger partial charge in [0.25, 0.3) is 0 Å². The maximum absolute atomic E-state index is 6.39. The first-order chi connectivity index (χ1) is 10.1. The average molecular weight is 285 g/mol. The zero-order chi connectivity index (χ0) is 15.4. The summed E-state index contributed by atoms with van der Waals surface area (Å²) in [6.45, 7) is 9.71. The third kappa shape index (κ3) is 3.46. The molecule has 0 amide bonds. The van der Waals surface area contributed by atoms with Crippen molar-refractivity contribution in [1.82, 2.24) is 9.55 Å². The number of rotatable bonds is 6. The van der Waals surface area contributed by atoms with E-state index in [1.165, 1.54) is 5.56 Å². The van der Waals surface area contributed by atoms with E-state index in [1.807, 2.05) is 0 Å². The van der Waals surface area contributed by atoms with Crippen LogP contribution >= 0.6 is 0 Å². The highest BCUT2D eigenvalue weighted by Gasteiger charge is 2.16. The molecule has 2 rings (SSSR count). The first kappa shape index (κ1) is 15.6. The number of nitrogens with zero attached hydrogens (tertiary/aromatic N) is 2. The zero-order valence-corrected chi connectivity index (χ0v) is 13.7. The van der Waals surface area contributed by atoms with Crippen molar-refractivity contribution in [2.24, 2.45) is 5.92 Å². The Kier molecular flexibility index (Phi) is 5.05. The lowest BCUT2D eigenvalue weighted by Gasteiger charge is -2.12. The summed E-state index contributed by atoms with van der Waals surface area (Å²) in [7, 11) is 0. The van der Waals surface area contributed by atoms with E-state index in [2.05, 4.69) is 56.5 Å². The summed E-state index contributed by atoms with van der Waals surface area (Å²) in [5, 5.41) is 0. The molecule has 0 atom stereocenters. The first-order valence-corrected chi connectivity index (χ1v) is 8.00. The van der Waals surface area contributed by atoms with E-state index in [0.717, 1.165) is 48.7 Å². The number of nitrogen functional groups attached to an aromatic ring is 1. The molecule has 1 aromatic heterocycles. The fraction of sp³-hybridized carbons (Fsp3) is 0.500. The van der Waals surface area contributed by atoms with Gasteiger partial charge in [-0.3, -0.25) is 0 Å². The van der Waals surface area contributed by atoms with Gasteiger partial charge < -0.3 is 10.3 Å². The van der Waals surface area contributed by atoms with Crippen LogP contribution in [0.3, 0.4) is 0 Å². The van der Waals surface area contributed by atoms with E-state index in [-0.39, 0.29) is 0 Å². The second kappa shape index (κ2) is 6.79. The SMILES string of the molecule is CCCc1nc(-c2ccc(CC)cc2)c(N)n1CC(C)C. The third-order valence-electron chi connectivity index (χ3n) is 3.74. The molecule has 0 fully saturated rings. The van der Waals surface area contributed by atoms with Crippen molar-refractivity contribution in [2.45, 2.75) is 53.5 Å². The van der Waals surface area contributed by atoms with E-state index in [4.69, 9.17) is 10.7 Å². The molecule has 2 aromatic rings. The lowest BCUT2D eigenvalue weighted by Crippen LogP contribution is -2.11. The standard InChI is InChI=1S/C18H27N3/c1-5-7-16-20-17(18(19)21(16)12-13(3)4)15-10-8-14(6-2)9-11-15/h8-11,13H,5-7,12,19H2,1-4H3. The van der Waals surface area contributed by atoms with Crippen molar-refractivity contribution >= 4 is 5.82 Å². The average Bonchev–Trinajstić information content (AvgIpc) is 2.76. The maximum atomic E-state index is 6.39. The number of anilines is 1. The Morgan fingerprint density at radius 2 is 1.81 bits per heavy atom. The van der Waals surface area contributed by atoms with E-state index in [9.17, 15) is 0 Å². The van der Waals surface area contributed by atoms with Crippen molar-refractivity contribution in [3.8, 4) is 11.3 Å². The largest absolute Gasteiger partial charge is 0.383 e. The quantitative estimate of drug-likeness (QED) is 0.859. The zero-order valence-electron chi connectivity index (χ0n) is 13.7. The highest BCUT2D eigenvalue weighted by Crippen LogP contribution is 2.28. The molecule has 3 nitrogen and oxygen atoms in total. The van der Waals surface area contributed by atoms with Gasteiger partial charge in [-0.25, -0.2) is 4.98 Å². The highest BCUT2D eigenvalue weighted by molar-refractivity contribution is 5.71. The lowest BCUT2D eigenvalue weighted by atomic mass is 10.1. The predicted molar refractivity (Wildman–Crippen MR) is 90.3 cm³/mol. The predicted octanol–water partition coefficient (Wildman–Crippen LogP) is 4.30. The van der Waals surface area contributed by atoms with Crippen LogP contribution in [0.1, 0.15) is 45.5 Å². The second-order valence-electron chi connectivity index (χ2n) is 6.07. The molecule has 1 aromatic carbocycles. The summed E-state index contributed by atoms with van der Waals surface area (Å²) in [6, 6.07) is 8.59. The minimum atomic E-state index is 0.562. The number of benzene rings is 1. The fourth-order valence-electron chi connectivity index (χ4n) is 2.61. The number of aryl methyl sites for hydroxylation is 2. The molecular formula is C18H27N3. The number of aromatic nitrogens is 2. The summed E-state index contributed by atoms with van der Waals surface area (Å²) in [6.07, 6.45) is 3.12. The Labute approximate surface area is 128 Å². The van der Waals surface area contributed by atoms with Gasteiger partial charge in [-0.05, 0) is 24.3 Å². The summed E-state index contributed by atoms with van der Waals surface area (Å²) in [5.41, 5.74) is 9.77. The van der Waals surface area contributed by atoms with Crippen LogP contribution in [-0.4, -0.2) is 9.55 Å². The normalized spacial score (nSPS) is 11.3. The van der Waals surface area contributed by atoms with Gasteiger partial charge in [0.1, 0.15) is 17.3 Å². The second-order valence-corrected chi connectivity index (χ2v) is 6.07. The number of hydrogen-bond acceptors (Lipinski definition) is 2. The van der Waals surface area contributed by atoms with E-state index < -0.39 is 0 Å². The molecular weight excluding hydrogens is 258 g/mol. The Balaban J connectivity index is 2.42. The minimum absolute atomic E-state index is 0.562. The van der Waals surface area contributed by atoms with Crippen LogP contribution in [-0.2, 0) is 19.4 Å². The minimum Gasteiger partial charge on any atom is -0.383 e. The lowest BCUT2D eigenvalue weighted by molar-refractivity contribution is 0.510. The van der Waals surface area contributed by atoms with Crippen LogP contribution in [0.25, 0.3) is 11.3 Å². The maximum Gasteiger partial charge on any atom is 0.131 e. The van der Waals surface area contributed by atoms with E-state index >= 15 is 0 Å². The Morgan fingerprint density at radius 3 is 2.33 bits per heavy atom. The van der Waals surface area contributed by atoms with Crippen molar-refractivity contribution < 1.29 is 0 Å². The van der Waals surface area contributed by atoms with E-state index in [1.54, 1.807) is 0 Å². The molecule has 0 saturated carbocycles. The number of imidazole rings is 1. The van der Waals surface area contributed by atoms with Crippen LogP contribution in [0, 0.1) is 5.92 Å². The first-order valence-electron chi connectivity index (χ1n) is 8.00. The van der Waals surface area contributed by atoms with Crippen LogP contribution in [0.2, 0.25) is 0 Å². The molecule has 1 heterocycles. The van der Waals surface area contributed by atoms with E-state index in [0.29, 0.717) is 5.92 Å². The topological polar surface area (TPSA) is 43.8 Å². The molecule has 0 unspecified atom stereocenters. The van der Waals surface area contributed by atoms with Crippen LogP contribution in [0.5, 0.6) is 0 Å². The molecule has 0 aliphatic carbocycles. The molecule has 0 saturated heterocycles. The molecule has 0 aliphatic rings.